The molecule has 3 rings (SSSR count). The van der Waals surface area contributed by atoms with Crippen LogP contribution < -0.4 is 5.32 Å². The molecule has 124 valence electrons. The van der Waals surface area contributed by atoms with Crippen LogP contribution in [0.2, 0.25) is 0 Å². The number of carbonyl (C=O) groups excluding carboxylic acids is 1. The Morgan fingerprint density at radius 1 is 1.21 bits per heavy atom. The predicted molar refractivity (Wildman–Crippen MR) is 94.2 cm³/mol. The fourth-order valence-corrected chi connectivity index (χ4v) is 3.50. The molecular formula is C15H16N6OS2. The van der Waals surface area contributed by atoms with Gasteiger partial charge in [0, 0.05) is 24.2 Å². The fraction of sp³-hybridized carbons (Fsp3) is 0.333. The van der Waals surface area contributed by atoms with Gasteiger partial charge in [0.15, 0.2) is 10.8 Å². The topological polar surface area (TPSA) is 93.6 Å². The van der Waals surface area contributed by atoms with Gasteiger partial charge in [-0.25, -0.2) is 15.0 Å². The van der Waals surface area contributed by atoms with E-state index in [1.165, 1.54) is 35.5 Å². The Bertz CT molecular complexity index is 801. The van der Waals surface area contributed by atoms with Crippen molar-refractivity contribution in [1.82, 2.24) is 25.1 Å². The van der Waals surface area contributed by atoms with Crippen molar-refractivity contribution in [3.8, 4) is 10.8 Å². The number of amides is 1. The van der Waals surface area contributed by atoms with E-state index in [0.29, 0.717) is 21.7 Å². The highest BCUT2D eigenvalue weighted by Crippen LogP contribution is 2.22. The standard InChI is InChI=1S/C15H16N6OS2/c1-2-3-4-6-11-20-21-15(24-11)19-13(22)10-9-23-14(18-10)12-16-7-5-8-17-12/h5,7-9H,2-4,6H2,1H3,(H,19,21,22). The number of nitrogens with zero attached hydrogens (tertiary/aromatic N) is 5. The van der Waals surface area contributed by atoms with Gasteiger partial charge < -0.3 is 0 Å². The van der Waals surface area contributed by atoms with Crippen molar-refractivity contribution in [2.45, 2.75) is 32.6 Å². The van der Waals surface area contributed by atoms with E-state index in [0.717, 1.165) is 17.8 Å². The molecule has 0 radical (unpaired) electrons. The first-order chi connectivity index (χ1) is 11.8. The van der Waals surface area contributed by atoms with Crippen molar-refractivity contribution in [2.24, 2.45) is 0 Å². The second-order valence-electron chi connectivity index (χ2n) is 5.02. The molecular weight excluding hydrogens is 344 g/mol. The zero-order chi connectivity index (χ0) is 16.8. The third kappa shape index (κ3) is 4.18. The van der Waals surface area contributed by atoms with E-state index in [1.54, 1.807) is 23.8 Å². The maximum Gasteiger partial charge on any atom is 0.276 e. The molecule has 0 unspecified atom stereocenters. The number of anilines is 1. The van der Waals surface area contributed by atoms with E-state index >= 15 is 0 Å². The lowest BCUT2D eigenvalue weighted by atomic mass is 10.2. The summed E-state index contributed by atoms with van der Waals surface area (Å²) in [6.07, 6.45) is 7.61. The van der Waals surface area contributed by atoms with E-state index in [9.17, 15) is 4.79 Å². The maximum absolute atomic E-state index is 12.3. The van der Waals surface area contributed by atoms with Gasteiger partial charge in [0.2, 0.25) is 5.13 Å². The number of carbonyl (C=O) groups is 1. The quantitative estimate of drug-likeness (QED) is 0.649. The van der Waals surface area contributed by atoms with E-state index in [2.05, 4.69) is 37.4 Å². The summed E-state index contributed by atoms with van der Waals surface area (Å²) in [6.45, 7) is 2.16. The summed E-state index contributed by atoms with van der Waals surface area (Å²) >= 11 is 2.74. The lowest BCUT2D eigenvalue weighted by Crippen LogP contribution is -2.12. The molecule has 7 nitrogen and oxygen atoms in total. The summed E-state index contributed by atoms with van der Waals surface area (Å²) in [5, 5.41) is 14.6. The van der Waals surface area contributed by atoms with Crippen LogP contribution in [0.4, 0.5) is 5.13 Å². The number of thiazole rings is 1. The Hall–Kier alpha value is -2.26. The molecule has 3 aromatic heterocycles. The summed E-state index contributed by atoms with van der Waals surface area (Å²) in [5.74, 6) is 0.209. The van der Waals surface area contributed by atoms with Crippen LogP contribution in [0.3, 0.4) is 0 Å². The molecule has 0 aliphatic rings. The smallest absolute Gasteiger partial charge is 0.276 e. The lowest BCUT2D eigenvalue weighted by Gasteiger charge is -1.96. The van der Waals surface area contributed by atoms with Gasteiger partial charge in [-0.3, -0.25) is 10.1 Å². The molecule has 3 aromatic rings. The molecule has 24 heavy (non-hydrogen) atoms. The lowest BCUT2D eigenvalue weighted by molar-refractivity contribution is 0.102. The van der Waals surface area contributed by atoms with Crippen LogP contribution in [0.5, 0.6) is 0 Å². The van der Waals surface area contributed by atoms with Crippen molar-refractivity contribution in [2.75, 3.05) is 5.32 Å². The van der Waals surface area contributed by atoms with Crippen molar-refractivity contribution in [1.29, 1.82) is 0 Å². The molecule has 1 N–H and O–H groups in total. The van der Waals surface area contributed by atoms with E-state index in [1.807, 2.05) is 0 Å². The van der Waals surface area contributed by atoms with Gasteiger partial charge in [-0.05, 0) is 12.5 Å². The Balaban J connectivity index is 1.62. The molecule has 0 bridgehead atoms. The highest BCUT2D eigenvalue weighted by atomic mass is 32.1. The zero-order valence-corrected chi connectivity index (χ0v) is 14.7. The number of aromatic nitrogens is 5. The van der Waals surface area contributed by atoms with Gasteiger partial charge in [0.05, 0.1) is 0 Å². The summed E-state index contributed by atoms with van der Waals surface area (Å²) < 4.78 is 0. The van der Waals surface area contributed by atoms with E-state index < -0.39 is 0 Å². The fourth-order valence-electron chi connectivity index (χ4n) is 1.98. The van der Waals surface area contributed by atoms with Crippen LogP contribution in [0.1, 0.15) is 41.7 Å². The number of hydrogen-bond acceptors (Lipinski definition) is 8. The minimum Gasteiger partial charge on any atom is -0.295 e. The average molecular weight is 360 g/mol. The Morgan fingerprint density at radius 2 is 2.04 bits per heavy atom. The minimum atomic E-state index is -0.301. The molecule has 0 aliphatic carbocycles. The second-order valence-corrected chi connectivity index (χ2v) is 6.94. The number of hydrogen-bond donors (Lipinski definition) is 1. The molecule has 1 amide bonds. The van der Waals surface area contributed by atoms with Gasteiger partial charge in [0.1, 0.15) is 10.7 Å². The van der Waals surface area contributed by atoms with Gasteiger partial charge in [-0.15, -0.1) is 21.5 Å². The summed E-state index contributed by atoms with van der Waals surface area (Å²) in [5.41, 5.74) is 0.324. The second kappa shape index (κ2) is 8.02. The number of aryl methyl sites for hydroxylation is 1. The molecule has 9 heteroatoms. The molecule has 0 aliphatic heterocycles. The third-order valence-corrected chi connectivity index (χ3v) is 4.91. The SMILES string of the molecule is CCCCCc1nnc(NC(=O)c2csc(-c3ncccn3)n2)s1. The van der Waals surface area contributed by atoms with Crippen LogP contribution in [0.15, 0.2) is 23.8 Å². The first-order valence-electron chi connectivity index (χ1n) is 7.63. The Kier molecular flexibility index (Phi) is 5.55. The summed E-state index contributed by atoms with van der Waals surface area (Å²) in [7, 11) is 0. The molecule has 0 aromatic carbocycles. The van der Waals surface area contributed by atoms with Crippen LogP contribution in [-0.2, 0) is 6.42 Å². The number of rotatable bonds is 7. The van der Waals surface area contributed by atoms with Crippen molar-refractivity contribution >= 4 is 33.7 Å². The van der Waals surface area contributed by atoms with Crippen LogP contribution in [0, 0.1) is 0 Å². The van der Waals surface area contributed by atoms with Crippen molar-refractivity contribution in [3.63, 3.8) is 0 Å². The largest absolute Gasteiger partial charge is 0.295 e. The predicted octanol–water partition coefficient (Wildman–Crippen LogP) is 3.44. The first kappa shape index (κ1) is 16.6. The molecule has 0 saturated carbocycles. The summed E-state index contributed by atoms with van der Waals surface area (Å²) in [4.78, 5) is 24.8. The van der Waals surface area contributed by atoms with Gasteiger partial charge in [0.25, 0.3) is 5.91 Å². The summed E-state index contributed by atoms with van der Waals surface area (Å²) in [6, 6.07) is 1.73. The van der Waals surface area contributed by atoms with Gasteiger partial charge >= 0.3 is 0 Å². The number of nitrogens with one attached hydrogen (secondary N) is 1. The third-order valence-electron chi connectivity index (χ3n) is 3.18. The highest BCUT2D eigenvalue weighted by Gasteiger charge is 2.15. The molecule has 3 heterocycles. The first-order valence-corrected chi connectivity index (χ1v) is 9.32. The average Bonchev–Trinajstić information content (AvgIpc) is 3.26. The van der Waals surface area contributed by atoms with Gasteiger partial charge in [-0.2, -0.15) is 0 Å². The number of unbranched alkanes of at least 4 members (excludes halogenated alkanes) is 2. The monoisotopic (exact) mass is 360 g/mol. The molecule has 0 saturated heterocycles. The highest BCUT2D eigenvalue weighted by molar-refractivity contribution is 7.15. The van der Waals surface area contributed by atoms with Crippen LogP contribution in [-0.4, -0.2) is 31.1 Å². The van der Waals surface area contributed by atoms with Crippen molar-refractivity contribution in [3.05, 3.63) is 34.5 Å². The van der Waals surface area contributed by atoms with Crippen LogP contribution >= 0.6 is 22.7 Å². The van der Waals surface area contributed by atoms with E-state index in [4.69, 9.17) is 0 Å². The van der Waals surface area contributed by atoms with Crippen molar-refractivity contribution < 1.29 is 4.79 Å². The van der Waals surface area contributed by atoms with Gasteiger partial charge in [-0.1, -0.05) is 31.1 Å². The normalized spacial score (nSPS) is 10.7. The van der Waals surface area contributed by atoms with E-state index in [-0.39, 0.29) is 5.91 Å². The van der Waals surface area contributed by atoms with Crippen LogP contribution in [0.25, 0.3) is 10.8 Å². The zero-order valence-electron chi connectivity index (χ0n) is 13.1. The Labute approximate surface area is 147 Å². The Morgan fingerprint density at radius 3 is 2.83 bits per heavy atom. The molecule has 0 spiro atoms. The molecule has 0 fully saturated rings. The molecule has 0 atom stereocenters. The maximum atomic E-state index is 12.3. The minimum absolute atomic E-state index is 0.301.